The molecule has 0 aliphatic rings. The standard InChI is InChI=1S/C4H5BN2/c5-4-3-6-1-2-7-4/h1-3H,5H2. The molecule has 34 valence electrons. The van der Waals surface area contributed by atoms with Gasteiger partial charge in [0.15, 0.2) is 7.85 Å². The van der Waals surface area contributed by atoms with Crippen molar-refractivity contribution in [3.05, 3.63) is 18.6 Å². The van der Waals surface area contributed by atoms with E-state index < -0.39 is 0 Å². The van der Waals surface area contributed by atoms with Gasteiger partial charge in [-0.15, -0.1) is 0 Å². The second-order valence-electron chi connectivity index (χ2n) is 1.35. The molecule has 0 atom stereocenters. The summed E-state index contributed by atoms with van der Waals surface area (Å²) in [5, 5.41) is 0. The number of hydrogen-bond donors (Lipinski definition) is 0. The summed E-state index contributed by atoms with van der Waals surface area (Å²) in [6, 6.07) is 0. The average Bonchev–Trinajstić information content (AvgIpc) is 1.69. The molecule has 0 fully saturated rings. The van der Waals surface area contributed by atoms with Crippen LogP contribution in [-0.2, 0) is 0 Å². The van der Waals surface area contributed by atoms with E-state index in [1.165, 1.54) is 0 Å². The van der Waals surface area contributed by atoms with Crippen molar-refractivity contribution >= 4 is 13.4 Å². The Balaban J connectivity index is 3.02. The Bertz CT molecular complexity index is 140. The van der Waals surface area contributed by atoms with Gasteiger partial charge >= 0.3 is 0 Å². The van der Waals surface area contributed by atoms with Gasteiger partial charge < -0.3 is 0 Å². The van der Waals surface area contributed by atoms with E-state index in [0.29, 0.717) is 0 Å². The molecule has 0 unspecified atom stereocenters. The van der Waals surface area contributed by atoms with Crippen molar-refractivity contribution in [3.63, 3.8) is 0 Å². The smallest absolute Gasteiger partial charge is 0.166 e. The van der Waals surface area contributed by atoms with E-state index in [-0.39, 0.29) is 0 Å². The molecule has 0 spiro atoms. The van der Waals surface area contributed by atoms with Crippen molar-refractivity contribution in [3.8, 4) is 0 Å². The molecule has 0 aromatic carbocycles. The first-order valence-corrected chi connectivity index (χ1v) is 2.12. The third-order valence-electron chi connectivity index (χ3n) is 0.692. The third-order valence-corrected chi connectivity index (χ3v) is 0.692. The van der Waals surface area contributed by atoms with Crippen molar-refractivity contribution in [1.82, 2.24) is 9.97 Å². The predicted molar refractivity (Wildman–Crippen MR) is 30.2 cm³/mol. The van der Waals surface area contributed by atoms with E-state index in [9.17, 15) is 0 Å². The van der Waals surface area contributed by atoms with E-state index in [1.54, 1.807) is 18.6 Å². The summed E-state index contributed by atoms with van der Waals surface area (Å²) in [6.07, 6.45) is 5.06. The maximum Gasteiger partial charge on any atom is 0.166 e. The first kappa shape index (κ1) is 4.31. The van der Waals surface area contributed by atoms with Crippen LogP contribution in [0.4, 0.5) is 0 Å². The van der Waals surface area contributed by atoms with Gasteiger partial charge in [0.25, 0.3) is 0 Å². The van der Waals surface area contributed by atoms with Crippen LogP contribution in [0.1, 0.15) is 0 Å². The van der Waals surface area contributed by atoms with Gasteiger partial charge in [-0.05, 0) is 0 Å². The molecule has 0 saturated carbocycles. The van der Waals surface area contributed by atoms with Crippen LogP contribution in [0.3, 0.4) is 0 Å². The molecule has 0 bridgehead atoms. The van der Waals surface area contributed by atoms with Crippen molar-refractivity contribution in [2.75, 3.05) is 0 Å². The SMILES string of the molecule is Bc1cnccn1. The van der Waals surface area contributed by atoms with Gasteiger partial charge in [0.1, 0.15) is 0 Å². The minimum Gasteiger partial charge on any atom is -0.269 e. The number of rotatable bonds is 0. The van der Waals surface area contributed by atoms with Gasteiger partial charge in [-0.2, -0.15) is 0 Å². The molecular formula is C4H5BN2. The Labute approximate surface area is 43.0 Å². The summed E-state index contributed by atoms with van der Waals surface area (Å²) in [5.74, 6) is 0. The molecule has 0 amide bonds. The molecule has 1 aromatic heterocycles. The summed E-state index contributed by atoms with van der Waals surface area (Å²) in [7, 11) is 1.91. The average molecular weight is 91.9 g/mol. The molecule has 0 saturated heterocycles. The van der Waals surface area contributed by atoms with E-state index in [0.717, 1.165) is 5.59 Å². The normalized spacial score (nSPS) is 8.57. The lowest BCUT2D eigenvalue weighted by atomic mass is 10.1. The highest BCUT2D eigenvalue weighted by molar-refractivity contribution is 6.30. The molecule has 0 radical (unpaired) electrons. The van der Waals surface area contributed by atoms with Crippen molar-refractivity contribution in [1.29, 1.82) is 0 Å². The number of hydrogen-bond acceptors (Lipinski definition) is 2. The molecular weight excluding hydrogens is 86.9 g/mol. The monoisotopic (exact) mass is 92.1 g/mol. The van der Waals surface area contributed by atoms with Crippen LogP contribution < -0.4 is 5.59 Å². The van der Waals surface area contributed by atoms with Gasteiger partial charge in [0, 0.05) is 24.2 Å². The lowest BCUT2D eigenvalue weighted by Gasteiger charge is -1.81. The predicted octanol–water partition coefficient (Wildman–Crippen LogP) is -1.27. The minimum absolute atomic E-state index is 0.961. The highest BCUT2D eigenvalue weighted by atomic mass is 14.7. The molecule has 0 aliphatic carbocycles. The number of aromatic nitrogens is 2. The highest BCUT2D eigenvalue weighted by Gasteiger charge is 1.75. The molecule has 1 rings (SSSR count). The maximum atomic E-state index is 3.92. The Morgan fingerprint density at radius 1 is 1.43 bits per heavy atom. The van der Waals surface area contributed by atoms with Crippen molar-refractivity contribution in [2.45, 2.75) is 0 Å². The lowest BCUT2D eigenvalue weighted by Crippen LogP contribution is -2.06. The van der Waals surface area contributed by atoms with Crippen LogP contribution in [0.25, 0.3) is 0 Å². The molecule has 0 N–H and O–H groups in total. The van der Waals surface area contributed by atoms with Gasteiger partial charge in [0.05, 0.1) is 0 Å². The molecule has 1 heterocycles. The first-order valence-electron chi connectivity index (χ1n) is 2.12. The summed E-state index contributed by atoms with van der Waals surface area (Å²) in [6.45, 7) is 0. The summed E-state index contributed by atoms with van der Waals surface area (Å²) in [4.78, 5) is 7.74. The highest BCUT2D eigenvalue weighted by Crippen LogP contribution is 1.62. The Morgan fingerprint density at radius 3 is 2.57 bits per heavy atom. The molecule has 1 aromatic rings. The van der Waals surface area contributed by atoms with E-state index in [2.05, 4.69) is 9.97 Å². The van der Waals surface area contributed by atoms with Crippen LogP contribution in [0, 0.1) is 0 Å². The van der Waals surface area contributed by atoms with Gasteiger partial charge in [-0.3, -0.25) is 9.97 Å². The van der Waals surface area contributed by atoms with Crippen molar-refractivity contribution < 1.29 is 0 Å². The lowest BCUT2D eigenvalue weighted by molar-refractivity contribution is 1.24. The second kappa shape index (κ2) is 1.73. The van der Waals surface area contributed by atoms with Crippen LogP contribution in [0.2, 0.25) is 0 Å². The molecule has 3 heteroatoms. The largest absolute Gasteiger partial charge is 0.269 e. The summed E-state index contributed by atoms with van der Waals surface area (Å²) < 4.78 is 0. The topological polar surface area (TPSA) is 25.8 Å². The second-order valence-corrected chi connectivity index (χ2v) is 1.35. The van der Waals surface area contributed by atoms with Gasteiger partial charge in [-0.25, -0.2) is 0 Å². The van der Waals surface area contributed by atoms with Crippen LogP contribution in [0.5, 0.6) is 0 Å². The Morgan fingerprint density at radius 2 is 2.29 bits per heavy atom. The van der Waals surface area contributed by atoms with Gasteiger partial charge in [-0.1, -0.05) is 0 Å². The van der Waals surface area contributed by atoms with Crippen LogP contribution in [-0.4, -0.2) is 17.8 Å². The third kappa shape index (κ3) is 0.997. The molecule has 0 aliphatic heterocycles. The minimum atomic E-state index is 0.961. The molecule has 7 heavy (non-hydrogen) atoms. The zero-order valence-electron chi connectivity index (χ0n) is 4.13. The number of nitrogens with zero attached hydrogens (tertiary/aromatic N) is 2. The summed E-state index contributed by atoms with van der Waals surface area (Å²) >= 11 is 0. The zero-order valence-corrected chi connectivity index (χ0v) is 4.13. The van der Waals surface area contributed by atoms with Crippen molar-refractivity contribution in [2.24, 2.45) is 0 Å². The fraction of sp³-hybridized carbons (Fsp3) is 0. The fourth-order valence-corrected chi connectivity index (χ4v) is 0.374. The van der Waals surface area contributed by atoms with Gasteiger partial charge in [0.2, 0.25) is 0 Å². The fourth-order valence-electron chi connectivity index (χ4n) is 0.374. The summed E-state index contributed by atoms with van der Waals surface area (Å²) in [5.41, 5.74) is 0.961. The van der Waals surface area contributed by atoms with E-state index in [4.69, 9.17) is 0 Å². The quantitative estimate of drug-likeness (QED) is 0.373. The Hall–Kier alpha value is -0.855. The Kier molecular flexibility index (Phi) is 1.07. The van der Waals surface area contributed by atoms with Crippen LogP contribution in [0.15, 0.2) is 18.6 Å². The van der Waals surface area contributed by atoms with Crippen LogP contribution >= 0.6 is 0 Å². The van der Waals surface area contributed by atoms with E-state index >= 15 is 0 Å². The van der Waals surface area contributed by atoms with E-state index in [1.807, 2.05) is 7.85 Å². The first-order chi connectivity index (χ1) is 3.39. The molecule has 2 nitrogen and oxygen atoms in total. The maximum absolute atomic E-state index is 3.92. The zero-order chi connectivity index (χ0) is 5.11.